The second kappa shape index (κ2) is 8.05. The predicted molar refractivity (Wildman–Crippen MR) is 112 cm³/mol. The van der Waals surface area contributed by atoms with Gasteiger partial charge in [0.2, 0.25) is 0 Å². The van der Waals surface area contributed by atoms with Crippen LogP contribution in [0, 0.1) is 5.92 Å². The number of hydrogen-bond donors (Lipinski definition) is 1. The van der Waals surface area contributed by atoms with Crippen LogP contribution in [-0.4, -0.2) is 29.3 Å². The smallest absolute Gasteiger partial charge is 0.177 e. The zero-order chi connectivity index (χ0) is 20.5. The molecule has 1 N–H and O–H groups in total. The molecule has 0 spiro atoms. The van der Waals surface area contributed by atoms with Crippen LogP contribution in [-0.2, 0) is 19.7 Å². The summed E-state index contributed by atoms with van der Waals surface area (Å²) in [6.07, 6.45) is 6.54. The Kier molecular flexibility index (Phi) is 6.08. The van der Waals surface area contributed by atoms with E-state index in [2.05, 4.69) is 5.32 Å². The molecule has 5 nitrogen and oxygen atoms in total. The van der Waals surface area contributed by atoms with E-state index in [1.165, 1.54) is 12.1 Å². The summed E-state index contributed by atoms with van der Waals surface area (Å²) >= 11 is 6.02. The van der Waals surface area contributed by atoms with Crippen LogP contribution in [0.4, 0.5) is 5.69 Å². The van der Waals surface area contributed by atoms with Gasteiger partial charge in [0.15, 0.2) is 19.7 Å². The van der Waals surface area contributed by atoms with E-state index < -0.39 is 19.7 Å². The van der Waals surface area contributed by atoms with Crippen LogP contribution < -0.4 is 5.32 Å². The lowest BCUT2D eigenvalue weighted by Gasteiger charge is -2.27. The van der Waals surface area contributed by atoms with Crippen molar-refractivity contribution in [1.82, 2.24) is 0 Å². The van der Waals surface area contributed by atoms with Gasteiger partial charge in [0.25, 0.3) is 0 Å². The Balaban J connectivity index is 2.06. The zero-order valence-corrected chi connectivity index (χ0v) is 18.2. The van der Waals surface area contributed by atoms with Crippen LogP contribution in [0.3, 0.4) is 0 Å². The Morgan fingerprint density at radius 1 is 0.929 bits per heavy atom. The third kappa shape index (κ3) is 4.88. The summed E-state index contributed by atoms with van der Waals surface area (Å²) in [6, 6.07) is 11.7. The van der Waals surface area contributed by atoms with Gasteiger partial charge < -0.3 is 5.32 Å². The molecule has 0 bridgehead atoms. The van der Waals surface area contributed by atoms with Gasteiger partial charge in [-0.3, -0.25) is 0 Å². The van der Waals surface area contributed by atoms with E-state index >= 15 is 0 Å². The molecule has 0 saturated heterocycles. The molecule has 1 atom stereocenters. The second-order valence-electron chi connectivity index (χ2n) is 7.42. The highest BCUT2D eigenvalue weighted by molar-refractivity contribution is 7.91. The Bertz CT molecular complexity index is 1060. The summed E-state index contributed by atoms with van der Waals surface area (Å²) in [4.78, 5) is -0.0187. The van der Waals surface area contributed by atoms with Gasteiger partial charge in [-0.1, -0.05) is 36.6 Å². The van der Waals surface area contributed by atoms with Gasteiger partial charge in [0.1, 0.15) is 0 Å². The number of anilines is 1. The molecule has 28 heavy (non-hydrogen) atoms. The van der Waals surface area contributed by atoms with Gasteiger partial charge >= 0.3 is 0 Å². The monoisotopic (exact) mass is 441 g/mol. The fourth-order valence-electron chi connectivity index (χ4n) is 3.76. The minimum Gasteiger partial charge on any atom is -0.377 e. The van der Waals surface area contributed by atoms with Crippen molar-refractivity contribution >= 4 is 37.0 Å². The number of benzene rings is 2. The molecule has 2 aromatic rings. The Morgan fingerprint density at radius 3 is 2.07 bits per heavy atom. The molecule has 1 saturated carbocycles. The van der Waals surface area contributed by atoms with Crippen LogP contribution >= 0.6 is 11.6 Å². The molecule has 1 aliphatic carbocycles. The van der Waals surface area contributed by atoms with Crippen LogP contribution in [0.2, 0.25) is 5.02 Å². The summed E-state index contributed by atoms with van der Waals surface area (Å²) in [5, 5.41) is 4.04. The number of halogens is 1. The summed E-state index contributed by atoms with van der Waals surface area (Å²) in [7, 11) is -7.13. The minimum atomic E-state index is -3.62. The number of nitrogens with one attached hydrogen (secondary N) is 1. The molecule has 3 rings (SSSR count). The van der Waals surface area contributed by atoms with Crippen LogP contribution in [0.5, 0.6) is 0 Å². The molecule has 0 amide bonds. The van der Waals surface area contributed by atoms with Gasteiger partial charge in [-0.05, 0) is 54.7 Å². The van der Waals surface area contributed by atoms with Crippen LogP contribution in [0.1, 0.15) is 37.3 Å². The first-order chi connectivity index (χ1) is 13.1. The molecule has 2 aromatic carbocycles. The molecule has 0 aliphatic heterocycles. The first-order valence-electron chi connectivity index (χ1n) is 9.12. The van der Waals surface area contributed by atoms with Gasteiger partial charge in [-0.2, -0.15) is 0 Å². The van der Waals surface area contributed by atoms with Crippen molar-refractivity contribution in [3.05, 3.63) is 53.1 Å². The van der Waals surface area contributed by atoms with Gasteiger partial charge in [-0.25, -0.2) is 16.8 Å². The second-order valence-corrected chi connectivity index (χ2v) is 11.9. The molecular weight excluding hydrogens is 418 g/mol. The highest BCUT2D eigenvalue weighted by Crippen LogP contribution is 2.39. The summed E-state index contributed by atoms with van der Waals surface area (Å²) < 4.78 is 48.5. The van der Waals surface area contributed by atoms with Crippen LogP contribution in [0.25, 0.3) is 0 Å². The van der Waals surface area contributed by atoms with Crippen molar-refractivity contribution in [2.45, 2.75) is 41.5 Å². The lowest BCUT2D eigenvalue weighted by atomic mass is 9.91. The quantitative estimate of drug-likeness (QED) is 0.714. The molecule has 1 unspecified atom stereocenters. The number of rotatable bonds is 6. The fraction of sp³-hybridized carbons (Fsp3) is 0.400. The molecule has 152 valence electrons. The Hall–Kier alpha value is -1.57. The molecule has 8 heteroatoms. The van der Waals surface area contributed by atoms with Crippen molar-refractivity contribution in [3.8, 4) is 0 Å². The lowest BCUT2D eigenvalue weighted by molar-refractivity contribution is 0.469. The van der Waals surface area contributed by atoms with Gasteiger partial charge in [0.05, 0.1) is 21.5 Å². The minimum absolute atomic E-state index is 0.00705. The standard InChI is InChI=1S/C20H24ClNO4S2/c1-27(23,24)17-11-12-18(19(13-17)28(2,25)26)22-20(14-5-3-4-6-14)15-7-9-16(21)10-8-15/h7-14,20,22H,3-6H2,1-2H3. The molecule has 0 heterocycles. The molecule has 1 fully saturated rings. The van der Waals surface area contributed by atoms with Gasteiger partial charge in [-0.15, -0.1) is 0 Å². The van der Waals surface area contributed by atoms with E-state index in [9.17, 15) is 16.8 Å². The Morgan fingerprint density at radius 2 is 1.54 bits per heavy atom. The van der Waals surface area contributed by atoms with E-state index in [0.29, 0.717) is 16.6 Å². The highest BCUT2D eigenvalue weighted by atomic mass is 35.5. The average molecular weight is 442 g/mol. The summed E-state index contributed by atoms with van der Waals surface area (Å²) in [5.74, 6) is 0.364. The van der Waals surface area contributed by atoms with E-state index in [1.807, 2.05) is 24.3 Å². The number of sulfone groups is 2. The first kappa shape index (κ1) is 21.1. The van der Waals surface area contributed by atoms with Crippen LogP contribution in [0.15, 0.2) is 52.3 Å². The normalized spacial score (nSPS) is 16.8. The first-order valence-corrected chi connectivity index (χ1v) is 13.3. The highest BCUT2D eigenvalue weighted by Gasteiger charge is 2.28. The van der Waals surface area contributed by atoms with Crippen molar-refractivity contribution in [2.24, 2.45) is 5.92 Å². The largest absolute Gasteiger partial charge is 0.377 e. The fourth-order valence-corrected chi connectivity index (χ4v) is 5.48. The molecule has 0 aromatic heterocycles. The Labute approximate surface area is 172 Å². The third-order valence-corrected chi connectivity index (χ3v) is 7.69. The molecular formula is C20H24ClNO4S2. The van der Waals surface area contributed by atoms with E-state index in [-0.39, 0.29) is 15.8 Å². The SMILES string of the molecule is CS(=O)(=O)c1ccc(NC(c2ccc(Cl)cc2)C2CCCC2)c(S(C)(=O)=O)c1. The topological polar surface area (TPSA) is 80.3 Å². The lowest BCUT2D eigenvalue weighted by Crippen LogP contribution is -2.20. The summed E-state index contributed by atoms with van der Waals surface area (Å²) in [6.45, 7) is 0. The molecule has 0 radical (unpaired) electrons. The van der Waals surface area contributed by atoms with E-state index in [4.69, 9.17) is 11.6 Å². The van der Waals surface area contributed by atoms with Crippen molar-refractivity contribution < 1.29 is 16.8 Å². The zero-order valence-electron chi connectivity index (χ0n) is 15.9. The maximum absolute atomic E-state index is 12.4. The maximum Gasteiger partial charge on any atom is 0.177 e. The van der Waals surface area contributed by atoms with E-state index in [0.717, 1.165) is 43.8 Å². The van der Waals surface area contributed by atoms with Crippen molar-refractivity contribution in [3.63, 3.8) is 0 Å². The average Bonchev–Trinajstić information content (AvgIpc) is 3.13. The van der Waals surface area contributed by atoms with E-state index in [1.54, 1.807) is 6.07 Å². The third-order valence-electron chi connectivity index (χ3n) is 5.19. The summed E-state index contributed by atoms with van der Waals surface area (Å²) in [5.41, 5.74) is 1.45. The maximum atomic E-state index is 12.4. The van der Waals surface area contributed by atoms with Crippen molar-refractivity contribution in [2.75, 3.05) is 17.8 Å². The molecule has 1 aliphatic rings. The predicted octanol–water partition coefficient (Wildman–Crippen LogP) is 4.49. The van der Waals surface area contributed by atoms with Crippen molar-refractivity contribution in [1.29, 1.82) is 0 Å². The van der Waals surface area contributed by atoms with Gasteiger partial charge in [0, 0.05) is 17.5 Å². The number of hydrogen-bond acceptors (Lipinski definition) is 5.